The number of hydrogen-bond acceptors (Lipinski definition) is 1. The third kappa shape index (κ3) is 1.20. The van der Waals surface area contributed by atoms with Crippen LogP contribution in [0.15, 0.2) is 0 Å². The van der Waals surface area contributed by atoms with E-state index in [1.165, 1.54) is 38.5 Å². The monoisotopic (exact) mass is 151 g/mol. The Morgan fingerprint density at radius 3 is 1.45 bits per heavy atom. The number of hydrogen-bond donors (Lipinski definition) is 1. The molecule has 3 rings (SSSR count). The van der Waals surface area contributed by atoms with E-state index < -0.39 is 0 Å². The van der Waals surface area contributed by atoms with Crippen LogP contribution in [0, 0.1) is 11.8 Å². The van der Waals surface area contributed by atoms with Crippen LogP contribution >= 0.6 is 0 Å². The Kier molecular flexibility index (Phi) is 1.31. The lowest BCUT2D eigenvalue weighted by Crippen LogP contribution is -2.31. The molecule has 1 nitrogen and oxygen atoms in total. The highest BCUT2D eigenvalue weighted by Crippen LogP contribution is 2.42. The van der Waals surface area contributed by atoms with E-state index in [0.717, 1.165) is 23.9 Å². The van der Waals surface area contributed by atoms with Gasteiger partial charge in [-0.15, -0.1) is 0 Å². The highest BCUT2D eigenvalue weighted by Gasteiger charge is 2.41. The van der Waals surface area contributed by atoms with Gasteiger partial charge < -0.3 is 5.32 Å². The van der Waals surface area contributed by atoms with Crippen LogP contribution < -0.4 is 5.32 Å². The first-order chi connectivity index (χ1) is 5.43. The van der Waals surface area contributed by atoms with Crippen molar-refractivity contribution in [1.82, 2.24) is 5.32 Å². The summed E-state index contributed by atoms with van der Waals surface area (Å²) >= 11 is 0. The molecule has 3 aliphatic rings. The van der Waals surface area contributed by atoms with Gasteiger partial charge in [0.25, 0.3) is 0 Å². The zero-order valence-corrected chi connectivity index (χ0v) is 7.05. The van der Waals surface area contributed by atoms with Gasteiger partial charge in [0.05, 0.1) is 0 Å². The van der Waals surface area contributed by atoms with E-state index in [4.69, 9.17) is 0 Å². The summed E-state index contributed by atoms with van der Waals surface area (Å²) < 4.78 is 0. The predicted molar refractivity (Wildman–Crippen MR) is 45.4 cm³/mol. The molecule has 0 radical (unpaired) electrons. The molecular weight excluding hydrogens is 134 g/mol. The summed E-state index contributed by atoms with van der Waals surface area (Å²) in [6.07, 6.45) is 8.99. The molecule has 2 unspecified atom stereocenters. The Hall–Kier alpha value is -0.0400. The molecule has 0 spiro atoms. The van der Waals surface area contributed by atoms with Crippen molar-refractivity contribution < 1.29 is 0 Å². The van der Waals surface area contributed by atoms with Gasteiger partial charge in [0, 0.05) is 12.1 Å². The average molecular weight is 151 g/mol. The summed E-state index contributed by atoms with van der Waals surface area (Å²) in [4.78, 5) is 0. The van der Waals surface area contributed by atoms with E-state index >= 15 is 0 Å². The Morgan fingerprint density at radius 1 is 0.636 bits per heavy atom. The molecule has 62 valence electrons. The van der Waals surface area contributed by atoms with E-state index in [9.17, 15) is 0 Å². The molecule has 1 aliphatic heterocycles. The minimum Gasteiger partial charge on any atom is -0.311 e. The molecule has 1 heteroatoms. The van der Waals surface area contributed by atoms with Crippen LogP contribution in [0.4, 0.5) is 0 Å². The van der Waals surface area contributed by atoms with Crippen LogP contribution in [-0.4, -0.2) is 12.1 Å². The molecule has 11 heavy (non-hydrogen) atoms. The maximum absolute atomic E-state index is 3.81. The van der Waals surface area contributed by atoms with Crippen molar-refractivity contribution in [3.05, 3.63) is 0 Å². The summed E-state index contributed by atoms with van der Waals surface area (Å²) in [5, 5.41) is 3.81. The molecule has 2 atom stereocenters. The zero-order valence-electron chi connectivity index (χ0n) is 7.05. The summed E-state index contributed by atoms with van der Waals surface area (Å²) in [6.45, 7) is 0. The second-order valence-corrected chi connectivity index (χ2v) is 4.63. The van der Waals surface area contributed by atoms with Crippen molar-refractivity contribution in [3.63, 3.8) is 0 Å². The van der Waals surface area contributed by atoms with Crippen molar-refractivity contribution in [3.8, 4) is 0 Å². The van der Waals surface area contributed by atoms with Gasteiger partial charge >= 0.3 is 0 Å². The van der Waals surface area contributed by atoms with E-state index in [1.54, 1.807) is 0 Å². The fraction of sp³-hybridized carbons (Fsp3) is 1.00. The predicted octanol–water partition coefficient (Wildman–Crippen LogP) is 1.93. The molecule has 3 fully saturated rings. The topological polar surface area (TPSA) is 12.0 Å². The van der Waals surface area contributed by atoms with Crippen LogP contribution in [0.3, 0.4) is 0 Å². The lowest BCUT2D eigenvalue weighted by molar-refractivity contribution is 0.467. The second kappa shape index (κ2) is 2.22. The quantitative estimate of drug-likeness (QED) is 0.636. The zero-order chi connectivity index (χ0) is 7.26. The number of rotatable bonds is 2. The fourth-order valence-corrected chi connectivity index (χ4v) is 2.54. The van der Waals surface area contributed by atoms with Gasteiger partial charge in [-0.1, -0.05) is 0 Å². The first kappa shape index (κ1) is 6.47. The molecule has 1 saturated heterocycles. The Morgan fingerprint density at radius 2 is 1.09 bits per heavy atom. The van der Waals surface area contributed by atoms with Crippen molar-refractivity contribution in [2.75, 3.05) is 0 Å². The van der Waals surface area contributed by atoms with E-state index in [1.807, 2.05) is 0 Å². The highest BCUT2D eigenvalue weighted by molar-refractivity contribution is 4.98. The molecule has 1 N–H and O–H groups in total. The third-order valence-electron chi connectivity index (χ3n) is 3.60. The molecular formula is C10H17N. The highest BCUT2D eigenvalue weighted by atomic mass is 15.0. The summed E-state index contributed by atoms with van der Waals surface area (Å²) in [7, 11) is 0. The van der Waals surface area contributed by atoms with Crippen LogP contribution in [0.2, 0.25) is 0 Å². The molecule has 0 aromatic carbocycles. The largest absolute Gasteiger partial charge is 0.311 e. The van der Waals surface area contributed by atoms with Crippen molar-refractivity contribution in [2.45, 2.75) is 50.6 Å². The minimum absolute atomic E-state index is 0.931. The molecule has 0 aromatic rings. The van der Waals surface area contributed by atoms with Crippen LogP contribution in [0.5, 0.6) is 0 Å². The first-order valence-corrected chi connectivity index (χ1v) is 5.19. The van der Waals surface area contributed by atoms with Gasteiger partial charge in [-0.2, -0.15) is 0 Å². The molecule has 0 aromatic heterocycles. The van der Waals surface area contributed by atoms with Gasteiger partial charge in [-0.05, 0) is 50.4 Å². The Balaban J connectivity index is 1.58. The molecule has 2 aliphatic carbocycles. The van der Waals surface area contributed by atoms with Gasteiger partial charge in [0.1, 0.15) is 0 Å². The summed E-state index contributed by atoms with van der Waals surface area (Å²) in [6, 6.07) is 1.86. The SMILES string of the molecule is C1CC1C1CCC(C2CC2)N1. The summed E-state index contributed by atoms with van der Waals surface area (Å²) in [5.74, 6) is 2.16. The molecule has 0 bridgehead atoms. The first-order valence-electron chi connectivity index (χ1n) is 5.19. The lowest BCUT2D eigenvalue weighted by atomic mass is 10.1. The van der Waals surface area contributed by atoms with E-state index in [-0.39, 0.29) is 0 Å². The van der Waals surface area contributed by atoms with E-state index in [0.29, 0.717) is 0 Å². The molecule has 2 saturated carbocycles. The van der Waals surface area contributed by atoms with Crippen molar-refractivity contribution >= 4 is 0 Å². The second-order valence-electron chi connectivity index (χ2n) is 4.63. The third-order valence-corrected chi connectivity index (χ3v) is 3.60. The molecule has 1 heterocycles. The minimum atomic E-state index is 0.931. The Labute approximate surface area is 68.6 Å². The Bertz CT molecular complexity index is 140. The van der Waals surface area contributed by atoms with Crippen LogP contribution in [0.25, 0.3) is 0 Å². The van der Waals surface area contributed by atoms with Gasteiger partial charge in [0.2, 0.25) is 0 Å². The fourth-order valence-electron chi connectivity index (χ4n) is 2.54. The normalized spacial score (nSPS) is 44.7. The van der Waals surface area contributed by atoms with Crippen molar-refractivity contribution in [1.29, 1.82) is 0 Å². The van der Waals surface area contributed by atoms with Crippen LogP contribution in [-0.2, 0) is 0 Å². The van der Waals surface area contributed by atoms with Gasteiger partial charge in [-0.3, -0.25) is 0 Å². The maximum atomic E-state index is 3.81. The number of nitrogens with one attached hydrogen (secondary N) is 1. The average Bonchev–Trinajstić information content (AvgIpc) is 2.90. The van der Waals surface area contributed by atoms with E-state index in [2.05, 4.69) is 5.32 Å². The lowest BCUT2D eigenvalue weighted by Gasteiger charge is -2.12. The standard InChI is InChI=1S/C10H17N/c1-2-7(1)9-5-6-10(11-9)8-3-4-8/h7-11H,1-6H2. The van der Waals surface area contributed by atoms with Gasteiger partial charge in [-0.25, -0.2) is 0 Å². The molecule has 0 amide bonds. The van der Waals surface area contributed by atoms with Crippen molar-refractivity contribution in [2.24, 2.45) is 11.8 Å². The summed E-state index contributed by atoms with van der Waals surface area (Å²) in [5.41, 5.74) is 0. The van der Waals surface area contributed by atoms with Gasteiger partial charge in [0.15, 0.2) is 0 Å². The maximum Gasteiger partial charge on any atom is 0.00986 e. The van der Waals surface area contributed by atoms with Crippen LogP contribution in [0.1, 0.15) is 38.5 Å². The smallest absolute Gasteiger partial charge is 0.00986 e.